The van der Waals surface area contributed by atoms with Crippen molar-refractivity contribution in [3.63, 3.8) is 0 Å². The molecule has 3 heteroatoms. The fourth-order valence-electron chi connectivity index (χ4n) is 0.432. The molecule has 0 aromatic heterocycles. The van der Waals surface area contributed by atoms with Crippen molar-refractivity contribution >= 4 is 12.2 Å². The van der Waals surface area contributed by atoms with E-state index in [0.29, 0.717) is 0 Å². The summed E-state index contributed by atoms with van der Waals surface area (Å²) in [6.45, 7) is 2.89. The molecule has 0 unspecified atom stereocenters. The number of hydrogen-bond donors (Lipinski definition) is 0. The SMILES string of the molecule is CCN1C=C=NC=N1. The average Bonchev–Trinajstić information content (AvgIpc) is 1.90. The van der Waals surface area contributed by atoms with Crippen LogP contribution in [0.3, 0.4) is 0 Å². The molecule has 3 nitrogen and oxygen atoms in total. The van der Waals surface area contributed by atoms with Crippen LogP contribution in [0.5, 0.6) is 0 Å². The highest BCUT2D eigenvalue weighted by Crippen LogP contribution is 1.88. The standard InChI is InChI=1S/C5H7N3/c1-2-8-4-3-6-5-7-8/h4-5H,2H2,1H3. The van der Waals surface area contributed by atoms with Crippen molar-refractivity contribution in [1.29, 1.82) is 0 Å². The lowest BCUT2D eigenvalue weighted by atomic mass is 10.7. The number of hydrazone groups is 1. The minimum absolute atomic E-state index is 0.874. The summed E-state index contributed by atoms with van der Waals surface area (Å²) < 4.78 is 0. The molecule has 0 aromatic carbocycles. The van der Waals surface area contributed by atoms with E-state index in [2.05, 4.69) is 16.0 Å². The fourth-order valence-corrected chi connectivity index (χ4v) is 0.432. The second-order valence-corrected chi connectivity index (χ2v) is 1.37. The number of hydrogen-bond acceptors (Lipinski definition) is 3. The molecule has 0 fully saturated rings. The van der Waals surface area contributed by atoms with E-state index in [4.69, 9.17) is 0 Å². The van der Waals surface area contributed by atoms with Crippen molar-refractivity contribution in [3.05, 3.63) is 6.20 Å². The van der Waals surface area contributed by atoms with Gasteiger partial charge >= 0.3 is 0 Å². The summed E-state index contributed by atoms with van der Waals surface area (Å²) in [5, 5.41) is 5.63. The predicted octanol–water partition coefficient (Wildman–Crippen LogP) is 0.449. The number of nitrogens with zero attached hydrogens (tertiary/aromatic N) is 3. The van der Waals surface area contributed by atoms with Crippen molar-refractivity contribution in [1.82, 2.24) is 5.01 Å². The van der Waals surface area contributed by atoms with Gasteiger partial charge in [-0.25, -0.2) is 0 Å². The van der Waals surface area contributed by atoms with Gasteiger partial charge in [-0.1, -0.05) is 0 Å². The van der Waals surface area contributed by atoms with Gasteiger partial charge in [-0.3, -0.25) is 5.01 Å². The highest BCUT2D eigenvalue weighted by Gasteiger charge is 1.88. The largest absolute Gasteiger partial charge is 0.262 e. The Bertz CT molecular complexity index is 153. The Labute approximate surface area is 48.0 Å². The maximum Gasteiger partial charge on any atom is 0.145 e. The quantitative estimate of drug-likeness (QED) is 0.480. The van der Waals surface area contributed by atoms with Gasteiger partial charge in [-0.05, 0) is 6.92 Å². The lowest BCUT2D eigenvalue weighted by Gasteiger charge is -2.08. The molecule has 1 heterocycles. The Morgan fingerprint density at radius 1 is 1.75 bits per heavy atom. The number of rotatable bonds is 1. The van der Waals surface area contributed by atoms with Crippen LogP contribution in [-0.2, 0) is 0 Å². The minimum Gasteiger partial charge on any atom is -0.262 e. The molecular formula is C5H7N3. The summed E-state index contributed by atoms with van der Waals surface area (Å²) in [5.74, 6) is 2.66. The van der Waals surface area contributed by atoms with Crippen molar-refractivity contribution in [2.75, 3.05) is 6.54 Å². The number of aliphatic imine (C=N–C) groups is 1. The predicted molar refractivity (Wildman–Crippen MR) is 32.9 cm³/mol. The Morgan fingerprint density at radius 2 is 2.62 bits per heavy atom. The van der Waals surface area contributed by atoms with Gasteiger partial charge in [0.15, 0.2) is 0 Å². The molecule has 0 N–H and O–H groups in total. The first-order valence-corrected chi connectivity index (χ1v) is 2.51. The van der Waals surface area contributed by atoms with Crippen LogP contribution < -0.4 is 0 Å². The molecule has 0 bridgehead atoms. The molecule has 0 radical (unpaired) electrons. The first kappa shape index (κ1) is 5.06. The molecule has 0 amide bonds. The molecule has 8 heavy (non-hydrogen) atoms. The van der Waals surface area contributed by atoms with Gasteiger partial charge in [0.1, 0.15) is 6.34 Å². The molecule has 0 spiro atoms. The third-order valence-electron chi connectivity index (χ3n) is 0.863. The highest BCUT2D eigenvalue weighted by molar-refractivity contribution is 5.70. The molecular weight excluding hydrogens is 102 g/mol. The third-order valence-corrected chi connectivity index (χ3v) is 0.863. The van der Waals surface area contributed by atoms with Gasteiger partial charge in [0, 0.05) is 12.4 Å². The lowest BCUT2D eigenvalue weighted by molar-refractivity contribution is 0.426. The van der Waals surface area contributed by atoms with Crippen molar-refractivity contribution in [3.8, 4) is 0 Å². The molecule has 0 atom stereocenters. The first-order valence-electron chi connectivity index (χ1n) is 2.51. The van der Waals surface area contributed by atoms with Crippen LogP contribution in [0.1, 0.15) is 6.92 Å². The maximum absolute atomic E-state index is 3.87. The van der Waals surface area contributed by atoms with Crippen molar-refractivity contribution in [2.45, 2.75) is 6.92 Å². The van der Waals surface area contributed by atoms with Crippen LogP contribution in [0.15, 0.2) is 16.3 Å². The molecule has 42 valence electrons. The van der Waals surface area contributed by atoms with Gasteiger partial charge in [-0.15, -0.1) is 0 Å². The molecule has 0 aliphatic carbocycles. The normalized spacial score (nSPS) is 15.4. The summed E-state index contributed by atoms with van der Waals surface area (Å²) >= 11 is 0. The molecule has 1 aliphatic heterocycles. The lowest BCUT2D eigenvalue weighted by Crippen LogP contribution is -2.10. The summed E-state index contributed by atoms with van der Waals surface area (Å²) in [7, 11) is 0. The first-order chi connectivity index (χ1) is 3.93. The van der Waals surface area contributed by atoms with E-state index in [-0.39, 0.29) is 0 Å². The van der Waals surface area contributed by atoms with Crippen molar-refractivity contribution < 1.29 is 0 Å². The van der Waals surface area contributed by atoms with Crippen molar-refractivity contribution in [2.24, 2.45) is 10.1 Å². The van der Waals surface area contributed by atoms with E-state index >= 15 is 0 Å². The highest BCUT2D eigenvalue weighted by atomic mass is 15.4. The summed E-state index contributed by atoms with van der Waals surface area (Å²) in [4.78, 5) is 3.64. The molecule has 0 saturated heterocycles. The van der Waals surface area contributed by atoms with E-state index < -0.39 is 0 Å². The van der Waals surface area contributed by atoms with Crippen LogP contribution in [0.4, 0.5) is 0 Å². The van der Waals surface area contributed by atoms with E-state index in [1.54, 1.807) is 11.2 Å². The maximum atomic E-state index is 3.87. The van der Waals surface area contributed by atoms with E-state index in [1.807, 2.05) is 6.92 Å². The van der Waals surface area contributed by atoms with Crippen LogP contribution >= 0.6 is 0 Å². The molecule has 1 rings (SSSR count). The van der Waals surface area contributed by atoms with Crippen LogP contribution in [0, 0.1) is 0 Å². The average molecular weight is 109 g/mol. The Morgan fingerprint density at radius 3 is 3.00 bits per heavy atom. The van der Waals surface area contributed by atoms with Crippen LogP contribution in [0.2, 0.25) is 0 Å². The van der Waals surface area contributed by atoms with Gasteiger partial charge < -0.3 is 0 Å². The Balaban J connectivity index is 2.62. The zero-order valence-electron chi connectivity index (χ0n) is 4.70. The molecule has 0 saturated carbocycles. The minimum atomic E-state index is 0.874. The van der Waals surface area contributed by atoms with E-state index in [1.165, 1.54) is 6.34 Å². The Hall–Kier alpha value is -1.08. The van der Waals surface area contributed by atoms with E-state index in [9.17, 15) is 0 Å². The van der Waals surface area contributed by atoms with Crippen LogP contribution in [0.25, 0.3) is 0 Å². The third kappa shape index (κ3) is 0.950. The van der Waals surface area contributed by atoms with Gasteiger partial charge in [0.25, 0.3) is 0 Å². The van der Waals surface area contributed by atoms with Gasteiger partial charge in [-0.2, -0.15) is 10.1 Å². The Kier molecular flexibility index (Phi) is 1.45. The second-order valence-electron chi connectivity index (χ2n) is 1.37. The topological polar surface area (TPSA) is 28.0 Å². The monoisotopic (exact) mass is 109 g/mol. The molecule has 0 aromatic rings. The zero-order valence-corrected chi connectivity index (χ0v) is 4.70. The summed E-state index contributed by atoms with van der Waals surface area (Å²) in [6.07, 6.45) is 3.18. The summed E-state index contributed by atoms with van der Waals surface area (Å²) in [6, 6.07) is 0. The smallest absolute Gasteiger partial charge is 0.145 e. The second kappa shape index (κ2) is 2.28. The van der Waals surface area contributed by atoms with E-state index in [0.717, 1.165) is 6.54 Å². The van der Waals surface area contributed by atoms with Gasteiger partial charge in [0.05, 0.1) is 6.20 Å². The molecule has 1 aliphatic rings. The fraction of sp³-hybridized carbons (Fsp3) is 0.400. The zero-order chi connectivity index (χ0) is 5.82. The van der Waals surface area contributed by atoms with Gasteiger partial charge in [0.2, 0.25) is 0 Å². The summed E-state index contributed by atoms with van der Waals surface area (Å²) in [5.41, 5.74) is 0. The van der Waals surface area contributed by atoms with Crippen LogP contribution in [-0.4, -0.2) is 23.8 Å².